The number of halogens is 2. The molecule has 50 heavy (non-hydrogen) atoms. The van der Waals surface area contributed by atoms with Crippen molar-refractivity contribution < 1.29 is 19.7 Å². The Morgan fingerprint density at radius 3 is 1.40 bits per heavy atom. The average Bonchev–Trinajstić information content (AvgIpc) is 3.76. The monoisotopic (exact) mass is 720 g/mol. The molecule has 2 aromatic carbocycles. The molecule has 2 atom stereocenters. The Morgan fingerprint density at radius 1 is 0.680 bits per heavy atom. The molecule has 2 aliphatic heterocycles. The lowest BCUT2D eigenvalue weighted by molar-refractivity contribution is 0.0202. The van der Waals surface area contributed by atoms with E-state index in [1.165, 1.54) is 0 Å². The minimum Gasteiger partial charge on any atom is -0.480 e. The van der Waals surface area contributed by atoms with Crippen molar-refractivity contribution in [2.45, 2.75) is 64.8 Å². The average molecular weight is 722 g/mol. The van der Waals surface area contributed by atoms with E-state index in [2.05, 4.69) is 9.80 Å². The van der Waals surface area contributed by atoms with E-state index in [9.17, 15) is 10.2 Å². The molecule has 0 bridgehead atoms. The number of benzene rings is 2. The molecule has 2 saturated heterocycles. The molecule has 4 heterocycles. The van der Waals surface area contributed by atoms with Crippen LogP contribution in [0.2, 0.25) is 10.0 Å². The second-order valence-corrected chi connectivity index (χ2v) is 15.3. The molecule has 4 aromatic rings. The highest BCUT2D eigenvalue weighted by molar-refractivity contribution is 6.39. The molecule has 0 saturated carbocycles. The van der Waals surface area contributed by atoms with Gasteiger partial charge >= 0.3 is 0 Å². The van der Waals surface area contributed by atoms with Gasteiger partial charge < -0.3 is 19.7 Å². The van der Waals surface area contributed by atoms with Crippen LogP contribution in [0.15, 0.2) is 48.8 Å². The van der Waals surface area contributed by atoms with Gasteiger partial charge in [0.25, 0.3) is 0 Å². The summed E-state index contributed by atoms with van der Waals surface area (Å²) in [6, 6.07) is 11.5. The predicted octanol–water partition coefficient (Wildman–Crippen LogP) is 6.78. The molecule has 2 fully saturated rings. The normalized spacial score (nSPS) is 18.9. The molecular weight excluding hydrogens is 675 g/mol. The van der Waals surface area contributed by atoms with Crippen molar-refractivity contribution in [3.8, 4) is 45.4 Å². The van der Waals surface area contributed by atoms with E-state index < -0.39 is 11.2 Å². The molecule has 6 rings (SSSR count). The third-order valence-corrected chi connectivity index (χ3v) is 11.0. The highest BCUT2D eigenvalue weighted by atomic mass is 35.5. The highest BCUT2D eigenvalue weighted by Gasteiger charge is 2.35. The first-order valence-electron chi connectivity index (χ1n) is 17.0. The first kappa shape index (κ1) is 36.4. The van der Waals surface area contributed by atoms with Gasteiger partial charge in [-0.3, -0.25) is 19.8 Å². The fourth-order valence-corrected chi connectivity index (χ4v) is 7.65. The number of hydrogen-bond acceptors (Lipinski definition) is 10. The Bertz CT molecular complexity index is 1710. The highest BCUT2D eigenvalue weighted by Crippen LogP contribution is 2.42. The fraction of sp³-hybridized carbons (Fsp3) is 0.474. The Hall–Kier alpha value is -3.38. The minimum absolute atomic E-state index is 0.204. The predicted molar refractivity (Wildman–Crippen MR) is 196 cm³/mol. The SMILES string of the molecule is COc1nc(-c2cccc(-c3cccc(-c4cnc(CN5CC[C@H](C(C)(C)O)C5)c(OC)n4)c3Cl)c2Cl)cnc1CN1CC[C@H](C(C)(C)O)C1. The number of aromatic nitrogens is 4. The standard InChI is InChI=1S/C38H46Cl2N6O4/c1-37(2,47)23-13-15-45(19-23)21-31-35(49-5)43-29(17-41-31)27-11-7-9-25(33(27)39)26-10-8-12-28(34(26)40)30-18-42-32(36(44-30)50-6)22-46-16-14-24(20-46)38(3,4)48/h7-12,17-18,23-24,47-48H,13-16,19-22H2,1-6H3/t23-,24-/m0/s1. The van der Waals surface area contributed by atoms with Gasteiger partial charge in [0.05, 0.1) is 59.2 Å². The van der Waals surface area contributed by atoms with Gasteiger partial charge in [-0.05, 0) is 53.6 Å². The summed E-state index contributed by atoms with van der Waals surface area (Å²) in [7, 11) is 3.18. The van der Waals surface area contributed by atoms with Crippen LogP contribution in [0, 0.1) is 11.8 Å². The maximum Gasteiger partial charge on any atom is 0.237 e. The number of likely N-dealkylation sites (tertiary alicyclic amines) is 2. The van der Waals surface area contributed by atoms with Gasteiger partial charge in [-0.1, -0.05) is 59.6 Å². The van der Waals surface area contributed by atoms with Crippen molar-refractivity contribution in [1.82, 2.24) is 29.7 Å². The second-order valence-electron chi connectivity index (χ2n) is 14.5. The van der Waals surface area contributed by atoms with Crippen molar-refractivity contribution in [3.05, 3.63) is 70.2 Å². The van der Waals surface area contributed by atoms with E-state index in [0.717, 1.165) is 61.5 Å². The van der Waals surface area contributed by atoms with Crippen LogP contribution in [-0.4, -0.2) is 91.5 Å². The summed E-state index contributed by atoms with van der Waals surface area (Å²) in [5, 5.41) is 21.9. The quantitative estimate of drug-likeness (QED) is 0.172. The largest absolute Gasteiger partial charge is 0.480 e. The summed E-state index contributed by atoms with van der Waals surface area (Å²) < 4.78 is 11.4. The molecule has 0 aliphatic carbocycles. The van der Waals surface area contributed by atoms with Crippen LogP contribution in [-0.2, 0) is 13.1 Å². The maximum absolute atomic E-state index is 10.5. The van der Waals surface area contributed by atoms with Crippen LogP contribution < -0.4 is 9.47 Å². The van der Waals surface area contributed by atoms with Crippen LogP contribution in [0.5, 0.6) is 11.8 Å². The molecule has 0 radical (unpaired) electrons. The smallest absolute Gasteiger partial charge is 0.237 e. The Labute approximate surface area is 304 Å². The van der Waals surface area contributed by atoms with E-state index in [0.29, 0.717) is 57.4 Å². The van der Waals surface area contributed by atoms with E-state index in [-0.39, 0.29) is 11.8 Å². The van der Waals surface area contributed by atoms with Crippen LogP contribution in [0.4, 0.5) is 0 Å². The molecule has 0 amide bonds. The van der Waals surface area contributed by atoms with Crippen molar-refractivity contribution in [2.24, 2.45) is 11.8 Å². The molecule has 0 unspecified atom stereocenters. The van der Waals surface area contributed by atoms with E-state index in [1.54, 1.807) is 26.6 Å². The van der Waals surface area contributed by atoms with Gasteiger partial charge in [0.1, 0.15) is 11.4 Å². The molecule has 0 spiro atoms. The fourth-order valence-electron chi connectivity index (χ4n) is 7.00. The molecule has 266 valence electrons. The summed E-state index contributed by atoms with van der Waals surface area (Å²) in [5.74, 6) is 1.28. The first-order valence-corrected chi connectivity index (χ1v) is 17.8. The first-order chi connectivity index (χ1) is 23.8. The Morgan fingerprint density at radius 2 is 1.06 bits per heavy atom. The zero-order valence-electron chi connectivity index (χ0n) is 29.6. The van der Waals surface area contributed by atoms with Crippen LogP contribution >= 0.6 is 23.2 Å². The number of aliphatic hydroxyl groups is 2. The van der Waals surface area contributed by atoms with Crippen LogP contribution in [0.3, 0.4) is 0 Å². The van der Waals surface area contributed by atoms with Gasteiger partial charge in [-0.25, -0.2) is 9.97 Å². The van der Waals surface area contributed by atoms with E-state index in [4.69, 9.17) is 52.6 Å². The lowest BCUT2D eigenvalue weighted by Crippen LogP contribution is -2.33. The van der Waals surface area contributed by atoms with Crippen molar-refractivity contribution in [1.29, 1.82) is 0 Å². The van der Waals surface area contributed by atoms with Crippen molar-refractivity contribution >= 4 is 23.2 Å². The molecule has 2 aromatic heterocycles. The lowest BCUT2D eigenvalue weighted by Gasteiger charge is -2.25. The summed E-state index contributed by atoms with van der Waals surface area (Å²) in [6.45, 7) is 11.9. The molecule has 2 aliphatic rings. The number of nitrogens with zero attached hydrogens (tertiary/aromatic N) is 6. The summed E-state index contributed by atoms with van der Waals surface area (Å²) in [5.41, 5.74) is 4.06. The zero-order valence-corrected chi connectivity index (χ0v) is 31.1. The van der Waals surface area contributed by atoms with Gasteiger partial charge in [0.2, 0.25) is 11.8 Å². The summed E-state index contributed by atoms with van der Waals surface area (Å²) in [4.78, 5) is 23.6. The van der Waals surface area contributed by atoms with Crippen LogP contribution in [0.1, 0.15) is 51.9 Å². The maximum atomic E-state index is 10.5. The molecular formula is C38H46Cl2N6O4. The third-order valence-electron chi connectivity index (χ3n) is 10.1. The molecule has 2 N–H and O–H groups in total. The minimum atomic E-state index is -0.721. The number of rotatable bonds is 11. The topological polar surface area (TPSA) is 117 Å². The third kappa shape index (κ3) is 7.76. The van der Waals surface area contributed by atoms with Crippen molar-refractivity contribution in [2.75, 3.05) is 40.4 Å². The van der Waals surface area contributed by atoms with E-state index in [1.807, 2.05) is 64.1 Å². The Balaban J connectivity index is 1.24. The Kier molecular flexibility index (Phi) is 10.7. The van der Waals surface area contributed by atoms with Gasteiger partial charge in [-0.15, -0.1) is 0 Å². The number of methoxy groups -OCH3 is 2. The van der Waals surface area contributed by atoms with E-state index >= 15 is 0 Å². The number of ether oxygens (including phenoxy) is 2. The molecule has 10 nitrogen and oxygen atoms in total. The number of hydrogen-bond donors (Lipinski definition) is 2. The van der Waals surface area contributed by atoms with Crippen molar-refractivity contribution in [3.63, 3.8) is 0 Å². The second kappa shape index (κ2) is 14.7. The van der Waals surface area contributed by atoms with Gasteiger partial charge in [0, 0.05) is 60.3 Å². The summed E-state index contributed by atoms with van der Waals surface area (Å²) in [6.07, 6.45) is 5.30. The van der Waals surface area contributed by atoms with Gasteiger partial charge in [-0.2, -0.15) is 0 Å². The summed E-state index contributed by atoms with van der Waals surface area (Å²) >= 11 is 14.2. The van der Waals surface area contributed by atoms with Gasteiger partial charge in [0.15, 0.2) is 0 Å². The van der Waals surface area contributed by atoms with Crippen LogP contribution in [0.25, 0.3) is 33.6 Å². The molecule has 12 heteroatoms. The zero-order chi connectivity index (χ0) is 35.8. The lowest BCUT2D eigenvalue weighted by atomic mass is 9.90.